The minimum Gasteiger partial charge on any atom is -0.444 e. The molecule has 98 heavy (non-hydrogen) atoms. The van der Waals surface area contributed by atoms with Crippen LogP contribution < -0.4 is 38.1 Å². The molecule has 0 radical (unpaired) electrons. The van der Waals surface area contributed by atoms with Crippen LogP contribution in [0.15, 0.2) is 91.0 Å². The first kappa shape index (κ1) is 76.4. The summed E-state index contributed by atoms with van der Waals surface area (Å²) in [5.41, 5.74) is 14.3. The van der Waals surface area contributed by atoms with Gasteiger partial charge in [-0.15, -0.1) is 0 Å². The number of carbonyl (C=O) groups excluding carboxylic acids is 5. The van der Waals surface area contributed by atoms with Gasteiger partial charge in [-0.3, -0.25) is 0 Å². The summed E-state index contributed by atoms with van der Waals surface area (Å²) in [4.78, 5) is 64.6. The summed E-state index contributed by atoms with van der Waals surface area (Å²) in [6, 6.07) is 35.1. The van der Waals surface area contributed by atoms with Crippen molar-refractivity contribution < 1.29 is 42.9 Å². The van der Waals surface area contributed by atoms with Gasteiger partial charge in [-0.2, -0.15) is 0 Å². The van der Waals surface area contributed by atoms with Gasteiger partial charge in [0.25, 0.3) is 0 Å². The number of hydrogen-bond donors (Lipinski definition) is 7. The predicted molar refractivity (Wildman–Crippen MR) is 389 cm³/mol. The van der Waals surface area contributed by atoms with Crippen LogP contribution in [0.5, 0.6) is 0 Å². The zero-order valence-electron chi connectivity index (χ0n) is 61.8. The SMILES string of the molecule is CC(C)(C)OC(=O)N(CC1(C=O)CC1)[C@H]1CC1c1ccccc1.CC(C)(C)OC(=O)NC1CCC(N)CC1.CC(C)(C)OC(=O)NC1CCC(NCC2(CN(C(=O)OC(C)(C)C)[C@H]3CC3c3ccccc3)CC2)CC1.NC1CCC(NCC2(CN[C@H]3CC3c3ccccc3)CC2)CC1. The van der Waals surface area contributed by atoms with E-state index in [2.05, 4.69) is 93.3 Å². The Hall–Kier alpha value is -5.79. The molecule has 12 rings (SSSR count). The second-order valence-electron chi connectivity index (χ2n) is 34.9. The Kier molecular flexibility index (Phi) is 25.6. The third-order valence-electron chi connectivity index (χ3n) is 21.1. The van der Waals surface area contributed by atoms with Crippen LogP contribution >= 0.6 is 0 Å². The average molecular weight is 1360 g/mol. The Morgan fingerprint density at radius 1 is 0.429 bits per heavy atom. The number of aldehydes is 1. The second-order valence-corrected chi connectivity index (χ2v) is 34.9. The van der Waals surface area contributed by atoms with Gasteiger partial charge in [0, 0.05) is 116 Å². The van der Waals surface area contributed by atoms with Crippen LogP contribution in [0, 0.1) is 16.2 Å². The molecule has 18 heteroatoms. The molecule has 3 aromatic carbocycles. The summed E-state index contributed by atoms with van der Waals surface area (Å²) >= 11 is 0. The van der Waals surface area contributed by atoms with E-state index in [9.17, 15) is 24.0 Å². The lowest BCUT2D eigenvalue weighted by Gasteiger charge is -2.33. The van der Waals surface area contributed by atoms with Gasteiger partial charge in [0.05, 0.1) is 0 Å². The quantitative estimate of drug-likeness (QED) is 0.0388. The molecule has 4 amide bonds. The van der Waals surface area contributed by atoms with Crippen LogP contribution in [-0.2, 0) is 23.7 Å². The van der Waals surface area contributed by atoms with Crippen molar-refractivity contribution in [3.8, 4) is 0 Å². The first-order chi connectivity index (χ1) is 46.3. The maximum atomic E-state index is 13.3. The fourth-order valence-corrected chi connectivity index (χ4v) is 14.3. The average Bonchev–Trinajstić information content (AvgIpc) is 1.61. The number of benzene rings is 3. The van der Waals surface area contributed by atoms with E-state index in [4.69, 9.17) is 30.4 Å². The molecule has 18 nitrogen and oxygen atoms in total. The van der Waals surface area contributed by atoms with E-state index in [0.717, 1.165) is 115 Å². The van der Waals surface area contributed by atoms with Crippen LogP contribution in [0.2, 0.25) is 0 Å². The molecule has 0 spiro atoms. The molecule has 9 fully saturated rings. The number of alkyl carbamates (subject to hydrolysis) is 2. The molecule has 544 valence electrons. The molecule has 9 aliphatic carbocycles. The van der Waals surface area contributed by atoms with E-state index in [1.165, 1.54) is 74.7 Å². The zero-order valence-corrected chi connectivity index (χ0v) is 61.8. The molecule has 9 aliphatic rings. The molecule has 0 aromatic heterocycles. The number of nitrogens with two attached hydrogens (primary N) is 2. The van der Waals surface area contributed by atoms with Crippen molar-refractivity contribution in [3.63, 3.8) is 0 Å². The van der Waals surface area contributed by atoms with Gasteiger partial charge >= 0.3 is 24.4 Å². The van der Waals surface area contributed by atoms with Gasteiger partial charge in [-0.1, -0.05) is 91.0 Å². The standard InChI is InChI=1S/C30H47N3O4.C20H31N3.C19H25NO3.C11H22N2O2/c1-28(2,3)36-26(34)32-23-14-12-22(13-15-23)31-19-30(16-17-30)20-33(27(35)37-29(4,5)6)25-18-24(25)21-10-8-7-9-11-21;21-16-6-8-17(9-7-16)22-13-20(10-11-20)14-23-19-12-18(19)15-4-2-1-3-5-15;1-18(2,3)23-17(22)20(12-19(13-21)9-10-19)16-11-15(16)14-7-5-4-6-8-14;1-11(2,3)15-10(14)13-9-6-4-8(12)5-7-9/h7-11,22-25,31H,12-20H2,1-6H3,(H,32,34);1-5,16-19,22-23H,6-14,21H2;4-8,13,15-16H,9-12H2,1-3H3;8-9H,4-7,12H2,1-3H3,(H,13,14)/t22?,23?,24?,25-;16?,17?,18?,19-;15?,16-;/m000./s1. The minimum atomic E-state index is -0.523. The van der Waals surface area contributed by atoms with Crippen molar-refractivity contribution in [3.05, 3.63) is 108 Å². The lowest BCUT2D eigenvalue weighted by molar-refractivity contribution is -0.112. The first-order valence-electron chi connectivity index (χ1n) is 37.6. The number of amides is 4. The Balaban J connectivity index is 0.000000161. The number of carbonyl (C=O) groups is 5. The molecule has 9 saturated carbocycles. The van der Waals surface area contributed by atoms with Crippen LogP contribution in [-0.4, -0.2) is 150 Å². The summed E-state index contributed by atoms with van der Waals surface area (Å²) in [5.74, 6) is 1.50. The van der Waals surface area contributed by atoms with Crippen molar-refractivity contribution in [2.75, 3.05) is 32.7 Å². The molecule has 3 unspecified atom stereocenters. The highest BCUT2D eigenvalue weighted by Crippen LogP contribution is 2.53. The molecule has 0 aliphatic heterocycles. The van der Waals surface area contributed by atoms with Gasteiger partial charge in [0.1, 0.15) is 28.7 Å². The molecular weight excluding hydrogens is 1230 g/mol. The summed E-state index contributed by atoms with van der Waals surface area (Å²) in [7, 11) is 0. The molecule has 3 aromatic rings. The van der Waals surface area contributed by atoms with Gasteiger partial charge in [-0.25, -0.2) is 19.2 Å². The first-order valence-corrected chi connectivity index (χ1v) is 37.6. The van der Waals surface area contributed by atoms with Gasteiger partial charge < -0.3 is 71.6 Å². The van der Waals surface area contributed by atoms with Crippen molar-refractivity contribution >= 4 is 30.7 Å². The van der Waals surface area contributed by atoms with Crippen LogP contribution in [0.4, 0.5) is 19.2 Å². The lowest BCUT2D eigenvalue weighted by Crippen LogP contribution is -2.47. The summed E-state index contributed by atoms with van der Waals surface area (Å²) < 4.78 is 22.0. The number of ether oxygens (including phenoxy) is 4. The molecule has 6 atom stereocenters. The van der Waals surface area contributed by atoms with E-state index in [0.29, 0.717) is 54.0 Å². The number of nitrogens with one attached hydrogen (secondary N) is 5. The highest BCUT2D eigenvalue weighted by Gasteiger charge is 2.54. The maximum absolute atomic E-state index is 13.3. The summed E-state index contributed by atoms with van der Waals surface area (Å²) in [6.45, 7) is 27.2. The van der Waals surface area contributed by atoms with Gasteiger partial charge in [0.2, 0.25) is 0 Å². The molecule has 0 bridgehead atoms. The van der Waals surface area contributed by atoms with E-state index in [1.54, 1.807) is 4.90 Å². The van der Waals surface area contributed by atoms with E-state index in [1.807, 2.05) is 112 Å². The van der Waals surface area contributed by atoms with E-state index in [-0.39, 0.29) is 59.4 Å². The van der Waals surface area contributed by atoms with Gasteiger partial charge in [-0.05, 0) is 240 Å². The van der Waals surface area contributed by atoms with Gasteiger partial charge in [0.15, 0.2) is 0 Å². The molecule has 9 N–H and O–H groups in total. The highest BCUT2D eigenvalue weighted by atomic mass is 16.6. The Labute approximate surface area is 587 Å². The molecule has 0 heterocycles. The zero-order chi connectivity index (χ0) is 70.7. The van der Waals surface area contributed by atoms with Crippen LogP contribution in [0.1, 0.15) is 252 Å². The van der Waals surface area contributed by atoms with Crippen molar-refractivity contribution in [2.45, 2.75) is 312 Å². The largest absolute Gasteiger partial charge is 0.444 e. The predicted octanol–water partition coefficient (Wildman–Crippen LogP) is 14.3. The normalized spacial score (nSPS) is 28.2. The van der Waals surface area contributed by atoms with Crippen molar-refractivity contribution in [1.29, 1.82) is 0 Å². The highest BCUT2D eigenvalue weighted by molar-refractivity contribution is 5.72. The topological polar surface area (TPSA) is 241 Å². The van der Waals surface area contributed by atoms with Crippen molar-refractivity contribution in [2.24, 2.45) is 27.7 Å². The number of nitrogens with zero attached hydrogens (tertiary/aromatic N) is 2. The third kappa shape index (κ3) is 25.4. The molecule has 0 saturated heterocycles. The van der Waals surface area contributed by atoms with E-state index < -0.39 is 22.4 Å². The fraction of sp³-hybridized carbons (Fsp3) is 0.713. The van der Waals surface area contributed by atoms with Crippen LogP contribution in [0.25, 0.3) is 0 Å². The monoisotopic (exact) mass is 1360 g/mol. The molecular formula is C80H125N9O9. The summed E-state index contributed by atoms with van der Waals surface area (Å²) in [6.07, 6.45) is 22.8. The minimum absolute atomic E-state index is 0.131. The third-order valence-corrected chi connectivity index (χ3v) is 21.1. The van der Waals surface area contributed by atoms with Crippen LogP contribution in [0.3, 0.4) is 0 Å². The smallest absolute Gasteiger partial charge is 0.410 e. The second kappa shape index (κ2) is 32.9. The summed E-state index contributed by atoms with van der Waals surface area (Å²) in [5, 5.41) is 17.4. The number of rotatable bonds is 21. The van der Waals surface area contributed by atoms with Crippen molar-refractivity contribution in [1.82, 2.24) is 36.4 Å². The Morgan fingerprint density at radius 3 is 1.13 bits per heavy atom. The Bertz CT molecular complexity index is 3000. The maximum Gasteiger partial charge on any atom is 0.410 e. The number of hydrogen-bond acceptors (Lipinski definition) is 14. The fourth-order valence-electron chi connectivity index (χ4n) is 14.3. The lowest BCUT2D eigenvalue weighted by atomic mass is 9.90. The Morgan fingerprint density at radius 2 is 0.765 bits per heavy atom. The van der Waals surface area contributed by atoms with E-state index >= 15 is 0 Å².